The number of aryl methyl sites for hydroxylation is 1. The molecule has 0 atom stereocenters. The molecule has 0 spiro atoms. The van der Waals surface area contributed by atoms with E-state index in [2.05, 4.69) is 60.8 Å². The average Bonchev–Trinajstić information content (AvgIpc) is 2.92. The summed E-state index contributed by atoms with van der Waals surface area (Å²) in [4.78, 5) is 18.2. The van der Waals surface area contributed by atoms with Crippen molar-refractivity contribution in [1.29, 1.82) is 0 Å². The SMILES string of the molecule is C=C(C)C(=O)O.CN(N)CCCCc1cccc(-c2ccccc2CSCCOc2ccccc2)c1.NC=O. The van der Waals surface area contributed by atoms with E-state index in [1.54, 1.807) is 5.01 Å². The van der Waals surface area contributed by atoms with Gasteiger partial charge in [0.05, 0.1) is 6.61 Å². The Morgan fingerprint density at radius 3 is 2.33 bits per heavy atom. The fraction of sp³-hybridized carbons (Fsp3) is 0.290. The van der Waals surface area contributed by atoms with Crippen LogP contribution in [0.2, 0.25) is 0 Å². The highest BCUT2D eigenvalue weighted by Crippen LogP contribution is 2.28. The molecule has 0 fully saturated rings. The minimum absolute atomic E-state index is 0.176. The number of carbonyl (C=O) groups excluding carboxylic acids is 1. The van der Waals surface area contributed by atoms with Gasteiger partial charge in [-0.25, -0.2) is 4.79 Å². The number of ether oxygens (including phenoxy) is 1. The Morgan fingerprint density at radius 1 is 1.05 bits per heavy atom. The number of hydrazine groups is 1. The van der Waals surface area contributed by atoms with Crippen molar-refractivity contribution in [2.24, 2.45) is 11.6 Å². The fourth-order valence-electron chi connectivity index (χ4n) is 3.43. The van der Waals surface area contributed by atoms with Gasteiger partial charge in [-0.05, 0) is 60.6 Å². The van der Waals surface area contributed by atoms with Gasteiger partial charge >= 0.3 is 5.97 Å². The van der Waals surface area contributed by atoms with Gasteiger partial charge in [-0.1, -0.05) is 73.3 Å². The number of para-hydroxylation sites is 1. The molecule has 39 heavy (non-hydrogen) atoms. The summed E-state index contributed by atoms with van der Waals surface area (Å²) in [6, 6.07) is 27.7. The van der Waals surface area contributed by atoms with Crippen molar-refractivity contribution in [3.63, 3.8) is 0 Å². The largest absolute Gasteiger partial charge is 0.493 e. The standard InChI is InChI=1S/C26H32N2OS.C4H6O2.CH3NO/c1-28(27)17-8-7-10-22-11-9-13-23(20-22)26-16-6-5-12-24(26)21-30-19-18-29-25-14-3-2-4-15-25;1-3(2)4(5)6;2-1-3/h2-6,9,11-16,20H,7-8,10,17-19,21,27H2,1H3;1H2,2H3,(H,5,6);1H,(H2,2,3). The molecule has 3 aromatic rings. The van der Waals surface area contributed by atoms with E-state index in [-0.39, 0.29) is 12.0 Å². The zero-order valence-corrected chi connectivity index (χ0v) is 23.7. The molecule has 1 amide bonds. The van der Waals surface area contributed by atoms with E-state index in [4.69, 9.17) is 20.5 Å². The number of nitrogens with two attached hydrogens (primary N) is 2. The van der Waals surface area contributed by atoms with E-state index in [1.807, 2.05) is 49.1 Å². The van der Waals surface area contributed by atoms with Crippen molar-refractivity contribution < 1.29 is 19.4 Å². The second-order valence-electron chi connectivity index (χ2n) is 8.73. The first kappa shape index (κ1) is 33.4. The number of amides is 1. The van der Waals surface area contributed by atoms with E-state index in [9.17, 15) is 4.79 Å². The molecule has 8 heteroatoms. The summed E-state index contributed by atoms with van der Waals surface area (Å²) in [5, 5.41) is 9.65. The van der Waals surface area contributed by atoms with Crippen LogP contribution in [0.25, 0.3) is 11.1 Å². The quantitative estimate of drug-likeness (QED) is 0.0839. The number of benzene rings is 3. The lowest BCUT2D eigenvalue weighted by atomic mass is 9.97. The Morgan fingerprint density at radius 2 is 1.69 bits per heavy atom. The second-order valence-corrected chi connectivity index (χ2v) is 9.84. The molecule has 0 saturated carbocycles. The molecule has 0 radical (unpaired) electrons. The lowest BCUT2D eigenvalue weighted by Gasteiger charge is -2.12. The van der Waals surface area contributed by atoms with Gasteiger partial charge < -0.3 is 15.6 Å². The summed E-state index contributed by atoms with van der Waals surface area (Å²) in [5.74, 6) is 7.66. The zero-order valence-electron chi connectivity index (χ0n) is 22.9. The number of nitrogens with zero attached hydrogens (tertiary/aromatic N) is 1. The van der Waals surface area contributed by atoms with Gasteiger partial charge in [-0.3, -0.25) is 15.6 Å². The van der Waals surface area contributed by atoms with Crippen LogP contribution in [0.3, 0.4) is 0 Å². The van der Waals surface area contributed by atoms with Crippen molar-refractivity contribution in [2.75, 3.05) is 26.0 Å². The minimum atomic E-state index is -0.935. The summed E-state index contributed by atoms with van der Waals surface area (Å²) in [7, 11) is 1.92. The van der Waals surface area contributed by atoms with E-state index in [0.29, 0.717) is 0 Å². The molecule has 0 unspecified atom stereocenters. The van der Waals surface area contributed by atoms with Crippen molar-refractivity contribution in [3.05, 3.63) is 102 Å². The van der Waals surface area contributed by atoms with Crippen LogP contribution in [-0.4, -0.2) is 48.4 Å². The first-order valence-electron chi connectivity index (χ1n) is 12.7. The van der Waals surface area contributed by atoms with E-state index >= 15 is 0 Å². The van der Waals surface area contributed by atoms with Gasteiger partial charge in [-0.15, -0.1) is 0 Å². The predicted molar refractivity (Wildman–Crippen MR) is 162 cm³/mol. The van der Waals surface area contributed by atoms with Crippen molar-refractivity contribution in [2.45, 2.75) is 31.9 Å². The minimum Gasteiger partial charge on any atom is -0.493 e. The summed E-state index contributed by atoms with van der Waals surface area (Å²) in [6.07, 6.45) is 3.62. The van der Waals surface area contributed by atoms with Gasteiger partial charge in [0, 0.05) is 30.7 Å². The van der Waals surface area contributed by atoms with Gasteiger partial charge in [0.1, 0.15) is 5.75 Å². The van der Waals surface area contributed by atoms with Crippen LogP contribution in [0.4, 0.5) is 0 Å². The number of hydrogen-bond acceptors (Lipinski definition) is 6. The molecule has 5 N–H and O–H groups in total. The summed E-state index contributed by atoms with van der Waals surface area (Å²) < 4.78 is 5.80. The third-order valence-electron chi connectivity index (χ3n) is 5.34. The molecule has 3 rings (SSSR count). The Hall–Kier alpha value is -3.59. The number of thioether (sulfide) groups is 1. The fourth-order valence-corrected chi connectivity index (χ4v) is 4.25. The van der Waals surface area contributed by atoms with Crippen LogP contribution in [-0.2, 0) is 21.8 Å². The molecule has 0 aromatic heterocycles. The number of aliphatic carboxylic acids is 1. The number of hydrogen-bond donors (Lipinski definition) is 3. The molecular weight excluding hydrogens is 510 g/mol. The van der Waals surface area contributed by atoms with E-state index < -0.39 is 5.97 Å². The average molecular weight is 552 g/mol. The molecule has 0 aliphatic rings. The Bertz CT molecular complexity index is 1110. The van der Waals surface area contributed by atoms with Crippen LogP contribution in [0.1, 0.15) is 30.9 Å². The molecule has 7 nitrogen and oxygen atoms in total. The maximum atomic E-state index is 9.60. The normalized spacial score (nSPS) is 9.95. The number of carboxylic acid groups (broad SMARTS) is 1. The van der Waals surface area contributed by atoms with Crippen molar-refractivity contribution >= 4 is 24.1 Å². The van der Waals surface area contributed by atoms with Crippen LogP contribution in [0.5, 0.6) is 5.75 Å². The predicted octanol–water partition coefficient (Wildman–Crippen LogP) is 5.54. The first-order chi connectivity index (χ1) is 18.8. The molecule has 0 aliphatic carbocycles. The highest BCUT2D eigenvalue weighted by molar-refractivity contribution is 7.98. The third kappa shape index (κ3) is 15.4. The lowest BCUT2D eigenvalue weighted by molar-refractivity contribution is -0.132. The number of primary amides is 1. The zero-order chi connectivity index (χ0) is 28.9. The van der Waals surface area contributed by atoms with Crippen LogP contribution >= 0.6 is 11.8 Å². The lowest BCUT2D eigenvalue weighted by Crippen LogP contribution is -2.26. The Labute approximate surface area is 236 Å². The number of carboxylic acids is 1. The highest BCUT2D eigenvalue weighted by Gasteiger charge is 2.06. The van der Waals surface area contributed by atoms with E-state index in [0.717, 1.165) is 49.7 Å². The number of unbranched alkanes of at least 4 members (excludes halogenated alkanes) is 1. The van der Waals surface area contributed by atoms with E-state index in [1.165, 1.54) is 29.2 Å². The first-order valence-corrected chi connectivity index (χ1v) is 13.9. The molecule has 0 heterocycles. The maximum Gasteiger partial charge on any atom is 0.330 e. The van der Waals surface area contributed by atoms with Crippen molar-refractivity contribution in [3.8, 4) is 16.9 Å². The van der Waals surface area contributed by atoms with Crippen LogP contribution in [0, 0.1) is 0 Å². The molecule has 0 aliphatic heterocycles. The highest BCUT2D eigenvalue weighted by atomic mass is 32.2. The molecule has 0 bridgehead atoms. The Kier molecular flexibility index (Phi) is 17.5. The van der Waals surface area contributed by atoms with Crippen LogP contribution < -0.4 is 16.3 Å². The smallest absolute Gasteiger partial charge is 0.330 e. The van der Waals surface area contributed by atoms with Gasteiger partial charge in [0.25, 0.3) is 0 Å². The van der Waals surface area contributed by atoms with Crippen molar-refractivity contribution in [1.82, 2.24) is 5.01 Å². The number of rotatable bonds is 13. The Balaban J connectivity index is 0.000000734. The summed E-state index contributed by atoms with van der Waals surface area (Å²) in [5.41, 5.74) is 9.75. The molecule has 3 aromatic carbocycles. The van der Waals surface area contributed by atoms with Crippen LogP contribution in [0.15, 0.2) is 91.0 Å². The molecule has 0 saturated heterocycles. The monoisotopic (exact) mass is 551 g/mol. The summed E-state index contributed by atoms with van der Waals surface area (Å²) >= 11 is 1.92. The molecule has 210 valence electrons. The van der Waals surface area contributed by atoms with Gasteiger partial charge in [-0.2, -0.15) is 11.8 Å². The van der Waals surface area contributed by atoms with Gasteiger partial charge in [0.15, 0.2) is 0 Å². The summed E-state index contributed by atoms with van der Waals surface area (Å²) in [6.45, 7) is 6.27. The number of carbonyl (C=O) groups is 2. The molecular formula is C31H41N3O4S. The maximum absolute atomic E-state index is 9.60. The van der Waals surface area contributed by atoms with Gasteiger partial charge in [0.2, 0.25) is 6.41 Å². The third-order valence-corrected chi connectivity index (χ3v) is 6.31. The second kappa shape index (κ2) is 20.4. The topological polar surface area (TPSA) is 119 Å².